The molecule has 1 aromatic heterocycles. The maximum absolute atomic E-state index is 13.6. The van der Waals surface area contributed by atoms with Crippen molar-refractivity contribution >= 4 is 29.1 Å². The molecule has 0 fully saturated rings. The molecule has 0 unspecified atom stereocenters. The van der Waals surface area contributed by atoms with Gasteiger partial charge in [-0.2, -0.15) is 0 Å². The van der Waals surface area contributed by atoms with E-state index in [1.807, 2.05) is 18.4 Å². The highest BCUT2D eigenvalue weighted by molar-refractivity contribution is 7.98. The van der Waals surface area contributed by atoms with Crippen molar-refractivity contribution in [3.63, 3.8) is 0 Å². The molecule has 0 saturated carbocycles. The Morgan fingerprint density at radius 2 is 1.74 bits per heavy atom. The molecule has 2 rings (SSSR count). The Bertz CT molecular complexity index is 575. The van der Waals surface area contributed by atoms with E-state index in [-0.39, 0.29) is 11.6 Å². The molecule has 0 saturated heterocycles. The van der Waals surface area contributed by atoms with Crippen molar-refractivity contribution in [2.45, 2.75) is 4.90 Å². The van der Waals surface area contributed by atoms with Crippen molar-refractivity contribution in [1.29, 1.82) is 0 Å². The second-order valence-corrected chi connectivity index (χ2v) is 4.53. The molecule has 1 aromatic carbocycles. The third kappa shape index (κ3) is 3.12. The quantitative estimate of drug-likeness (QED) is 0.457. The molecule has 1 heterocycles. The van der Waals surface area contributed by atoms with Crippen LogP contribution < -0.4 is 16.6 Å². The van der Waals surface area contributed by atoms with E-state index in [0.29, 0.717) is 5.69 Å². The minimum absolute atomic E-state index is 0.0914. The minimum atomic E-state index is -0.844. The predicted molar refractivity (Wildman–Crippen MR) is 73.5 cm³/mol. The van der Waals surface area contributed by atoms with Gasteiger partial charge in [-0.25, -0.2) is 19.6 Å². The summed E-state index contributed by atoms with van der Waals surface area (Å²) in [4.78, 5) is 4.81. The van der Waals surface area contributed by atoms with Gasteiger partial charge in [0.2, 0.25) is 0 Å². The van der Waals surface area contributed by atoms with E-state index in [2.05, 4.69) is 15.7 Å². The molecular weight excluding hydrogens is 270 g/mol. The zero-order valence-electron chi connectivity index (χ0n) is 10.1. The Balaban J connectivity index is 2.26. The molecule has 0 spiro atoms. The minimum Gasteiger partial charge on any atom is -0.338 e. The monoisotopic (exact) mass is 282 g/mol. The highest BCUT2D eigenvalue weighted by atomic mass is 32.2. The Labute approximate surface area is 113 Å². The first kappa shape index (κ1) is 13.6. The number of pyridine rings is 1. The Hall–Kier alpha value is -1.86. The van der Waals surface area contributed by atoms with Gasteiger partial charge in [0.05, 0.1) is 0 Å². The summed E-state index contributed by atoms with van der Waals surface area (Å²) in [5.41, 5.74) is 2.72. The lowest BCUT2D eigenvalue weighted by atomic mass is 10.3. The van der Waals surface area contributed by atoms with Crippen LogP contribution in [-0.4, -0.2) is 11.2 Å². The molecule has 0 bridgehead atoms. The Morgan fingerprint density at radius 3 is 2.32 bits per heavy atom. The molecular formula is C12H12F2N4S. The highest BCUT2D eigenvalue weighted by Crippen LogP contribution is 2.23. The first-order valence-electron chi connectivity index (χ1n) is 5.37. The number of nitrogens with zero attached hydrogens (tertiary/aromatic N) is 1. The van der Waals surface area contributed by atoms with Crippen LogP contribution >= 0.6 is 11.8 Å². The molecule has 2 aromatic rings. The number of hydrazine groups is 1. The average molecular weight is 282 g/mol. The number of benzene rings is 1. The van der Waals surface area contributed by atoms with Gasteiger partial charge in [0.15, 0.2) is 23.3 Å². The topological polar surface area (TPSA) is 63.0 Å². The van der Waals surface area contributed by atoms with Gasteiger partial charge in [-0.1, -0.05) is 0 Å². The number of rotatable bonds is 4. The number of anilines is 3. The smallest absolute Gasteiger partial charge is 0.178 e. The number of nitrogens with one attached hydrogen (secondary N) is 2. The summed E-state index contributed by atoms with van der Waals surface area (Å²) in [5.74, 6) is 3.16. The summed E-state index contributed by atoms with van der Waals surface area (Å²) in [6.45, 7) is 0. The average Bonchev–Trinajstić information content (AvgIpc) is 2.42. The fraction of sp³-hybridized carbons (Fsp3) is 0.0833. The number of thioether (sulfide) groups is 1. The third-order valence-corrected chi connectivity index (χ3v) is 3.16. The number of nitrogen functional groups attached to an aromatic ring is 1. The molecule has 0 amide bonds. The van der Waals surface area contributed by atoms with Crippen LogP contribution in [0, 0.1) is 11.6 Å². The van der Waals surface area contributed by atoms with Crippen molar-refractivity contribution < 1.29 is 8.78 Å². The lowest BCUT2D eigenvalue weighted by molar-refractivity contribution is 0.579. The summed E-state index contributed by atoms with van der Waals surface area (Å²) in [7, 11) is 0. The van der Waals surface area contributed by atoms with Crippen LogP contribution in [0.3, 0.4) is 0 Å². The van der Waals surface area contributed by atoms with Crippen LogP contribution in [0.25, 0.3) is 0 Å². The van der Waals surface area contributed by atoms with Gasteiger partial charge in [-0.3, -0.25) is 0 Å². The number of aromatic nitrogens is 1. The van der Waals surface area contributed by atoms with Crippen LogP contribution in [0.5, 0.6) is 0 Å². The Morgan fingerprint density at radius 1 is 1.11 bits per heavy atom. The fourth-order valence-corrected chi connectivity index (χ4v) is 1.87. The van der Waals surface area contributed by atoms with E-state index < -0.39 is 11.6 Å². The molecule has 100 valence electrons. The molecule has 7 heteroatoms. The summed E-state index contributed by atoms with van der Waals surface area (Å²) in [6, 6.07) is 8.06. The van der Waals surface area contributed by atoms with E-state index in [0.717, 1.165) is 11.0 Å². The van der Waals surface area contributed by atoms with E-state index in [1.165, 1.54) is 0 Å². The molecule has 0 aliphatic rings. The van der Waals surface area contributed by atoms with Gasteiger partial charge in [-0.05, 0) is 30.5 Å². The number of hydrogen-bond donors (Lipinski definition) is 3. The lowest BCUT2D eigenvalue weighted by Crippen LogP contribution is -2.12. The summed E-state index contributed by atoms with van der Waals surface area (Å²) < 4.78 is 26.8. The number of halogens is 2. The van der Waals surface area contributed by atoms with Gasteiger partial charge in [0.25, 0.3) is 0 Å². The van der Waals surface area contributed by atoms with E-state index in [1.54, 1.807) is 23.9 Å². The van der Waals surface area contributed by atoms with Crippen molar-refractivity contribution in [2.75, 3.05) is 17.0 Å². The van der Waals surface area contributed by atoms with Crippen LogP contribution in [0.4, 0.5) is 26.1 Å². The second-order valence-electron chi connectivity index (χ2n) is 3.65. The maximum atomic E-state index is 13.6. The van der Waals surface area contributed by atoms with Crippen LogP contribution in [-0.2, 0) is 0 Å². The Kier molecular flexibility index (Phi) is 4.18. The summed E-state index contributed by atoms with van der Waals surface area (Å²) in [5, 5.41) is 2.77. The van der Waals surface area contributed by atoms with E-state index in [4.69, 9.17) is 5.84 Å². The third-order valence-electron chi connectivity index (χ3n) is 2.42. The normalized spacial score (nSPS) is 10.3. The highest BCUT2D eigenvalue weighted by Gasteiger charge is 2.11. The zero-order valence-corrected chi connectivity index (χ0v) is 10.9. The fourth-order valence-electron chi connectivity index (χ4n) is 1.47. The van der Waals surface area contributed by atoms with E-state index in [9.17, 15) is 8.78 Å². The van der Waals surface area contributed by atoms with Gasteiger partial charge >= 0.3 is 0 Å². The standard InChI is InChI=1S/C12H12F2N4S/c1-19-8-4-2-7(3-5-8)16-11-9(13)6-10(14)12(17-11)18-15/h2-6H,15H2,1H3,(H2,16,17,18). The molecule has 0 aliphatic carbocycles. The molecule has 0 radical (unpaired) electrons. The first-order valence-corrected chi connectivity index (χ1v) is 6.60. The number of hydrogen-bond acceptors (Lipinski definition) is 5. The first-order chi connectivity index (χ1) is 9.13. The maximum Gasteiger partial charge on any atom is 0.178 e. The number of nitrogens with two attached hydrogens (primary N) is 1. The van der Waals surface area contributed by atoms with Gasteiger partial charge in [-0.15, -0.1) is 11.8 Å². The van der Waals surface area contributed by atoms with Crippen molar-refractivity contribution in [2.24, 2.45) is 5.84 Å². The van der Waals surface area contributed by atoms with Crippen molar-refractivity contribution in [3.05, 3.63) is 42.0 Å². The second kappa shape index (κ2) is 5.85. The van der Waals surface area contributed by atoms with Crippen LogP contribution in [0.15, 0.2) is 35.2 Å². The van der Waals surface area contributed by atoms with Gasteiger partial charge < -0.3 is 10.7 Å². The molecule has 0 aliphatic heterocycles. The van der Waals surface area contributed by atoms with Crippen LogP contribution in [0.2, 0.25) is 0 Å². The zero-order chi connectivity index (χ0) is 13.8. The van der Waals surface area contributed by atoms with Crippen LogP contribution in [0.1, 0.15) is 0 Å². The largest absolute Gasteiger partial charge is 0.338 e. The molecule has 19 heavy (non-hydrogen) atoms. The summed E-state index contributed by atoms with van der Waals surface area (Å²) >= 11 is 1.60. The molecule has 0 atom stereocenters. The lowest BCUT2D eigenvalue weighted by Gasteiger charge is -2.09. The van der Waals surface area contributed by atoms with Crippen molar-refractivity contribution in [3.8, 4) is 0 Å². The predicted octanol–water partition coefficient (Wildman–Crippen LogP) is 3.11. The van der Waals surface area contributed by atoms with Gasteiger partial charge in [0, 0.05) is 16.6 Å². The molecule has 4 nitrogen and oxygen atoms in total. The molecule has 4 N–H and O–H groups in total. The summed E-state index contributed by atoms with van der Waals surface area (Å²) in [6.07, 6.45) is 1.96. The van der Waals surface area contributed by atoms with Crippen molar-refractivity contribution in [1.82, 2.24) is 4.98 Å². The van der Waals surface area contributed by atoms with E-state index >= 15 is 0 Å². The van der Waals surface area contributed by atoms with Gasteiger partial charge in [0.1, 0.15) is 0 Å². The SMILES string of the molecule is CSc1ccc(Nc2nc(NN)c(F)cc2F)cc1.